The summed E-state index contributed by atoms with van der Waals surface area (Å²) in [6.07, 6.45) is 0. The normalized spacial score (nSPS) is 12.4. The Bertz CT molecular complexity index is 511. The highest BCUT2D eigenvalue weighted by Gasteiger charge is 2.12. The maximum absolute atomic E-state index is 13.1. The fraction of sp³-hybridized carbons (Fsp3) is 0.200. The van der Waals surface area contributed by atoms with Crippen LogP contribution in [0.5, 0.6) is 0 Å². The van der Waals surface area contributed by atoms with E-state index in [1.807, 2.05) is 30.3 Å². The Labute approximate surface area is 110 Å². The molecule has 2 aromatic rings. The molecule has 0 aliphatic rings. The van der Waals surface area contributed by atoms with Gasteiger partial charge in [-0.3, -0.25) is 0 Å². The second-order valence-corrected chi connectivity index (χ2v) is 4.30. The lowest BCUT2D eigenvalue weighted by Gasteiger charge is -2.17. The van der Waals surface area contributed by atoms with Crippen LogP contribution >= 0.6 is 0 Å². The van der Waals surface area contributed by atoms with Crippen molar-refractivity contribution in [2.45, 2.75) is 12.6 Å². The SMILES string of the molecule is OCC(NCc1ccccc1)c1cc(F)cc(F)c1. The van der Waals surface area contributed by atoms with E-state index in [1.165, 1.54) is 12.1 Å². The summed E-state index contributed by atoms with van der Waals surface area (Å²) in [5, 5.41) is 12.4. The second kappa shape index (κ2) is 6.41. The van der Waals surface area contributed by atoms with Crippen LogP contribution < -0.4 is 5.32 Å². The number of aliphatic hydroxyl groups excluding tert-OH is 1. The molecule has 100 valence electrons. The third-order valence-electron chi connectivity index (χ3n) is 2.87. The summed E-state index contributed by atoms with van der Waals surface area (Å²) in [7, 11) is 0. The zero-order valence-electron chi connectivity index (χ0n) is 10.3. The first-order valence-corrected chi connectivity index (χ1v) is 6.03. The van der Waals surface area contributed by atoms with Gasteiger partial charge in [0.1, 0.15) is 11.6 Å². The number of benzene rings is 2. The highest BCUT2D eigenvalue weighted by atomic mass is 19.1. The summed E-state index contributed by atoms with van der Waals surface area (Å²) in [4.78, 5) is 0. The van der Waals surface area contributed by atoms with E-state index in [2.05, 4.69) is 5.32 Å². The van der Waals surface area contributed by atoms with Crippen molar-refractivity contribution in [3.8, 4) is 0 Å². The van der Waals surface area contributed by atoms with E-state index >= 15 is 0 Å². The number of nitrogens with one attached hydrogen (secondary N) is 1. The van der Waals surface area contributed by atoms with E-state index in [1.54, 1.807) is 0 Å². The van der Waals surface area contributed by atoms with Crippen molar-refractivity contribution >= 4 is 0 Å². The van der Waals surface area contributed by atoms with Gasteiger partial charge in [-0.05, 0) is 23.3 Å². The van der Waals surface area contributed by atoms with Gasteiger partial charge in [-0.2, -0.15) is 0 Å². The number of aliphatic hydroxyl groups is 1. The van der Waals surface area contributed by atoms with E-state index < -0.39 is 17.7 Å². The van der Waals surface area contributed by atoms with Crippen LogP contribution in [-0.2, 0) is 6.54 Å². The van der Waals surface area contributed by atoms with E-state index in [0.717, 1.165) is 11.6 Å². The Morgan fingerprint density at radius 2 is 1.63 bits per heavy atom. The van der Waals surface area contributed by atoms with Gasteiger partial charge in [0, 0.05) is 12.6 Å². The Kier molecular flexibility index (Phi) is 4.60. The van der Waals surface area contributed by atoms with Gasteiger partial charge in [-0.1, -0.05) is 30.3 Å². The molecule has 0 bridgehead atoms. The Balaban J connectivity index is 2.07. The van der Waals surface area contributed by atoms with Crippen LogP contribution in [0.4, 0.5) is 8.78 Å². The first-order chi connectivity index (χ1) is 9.19. The van der Waals surface area contributed by atoms with Crippen LogP contribution in [0.15, 0.2) is 48.5 Å². The predicted molar refractivity (Wildman–Crippen MR) is 69.5 cm³/mol. The van der Waals surface area contributed by atoms with Crippen molar-refractivity contribution in [3.05, 3.63) is 71.3 Å². The monoisotopic (exact) mass is 263 g/mol. The smallest absolute Gasteiger partial charge is 0.126 e. The average molecular weight is 263 g/mol. The van der Waals surface area contributed by atoms with Gasteiger partial charge in [0.25, 0.3) is 0 Å². The number of hydrogen-bond donors (Lipinski definition) is 2. The van der Waals surface area contributed by atoms with E-state index in [-0.39, 0.29) is 6.61 Å². The standard InChI is InChI=1S/C15H15F2NO/c16-13-6-12(7-14(17)8-13)15(10-19)18-9-11-4-2-1-3-5-11/h1-8,15,18-19H,9-10H2. The van der Waals surface area contributed by atoms with Gasteiger partial charge in [-0.25, -0.2) is 8.78 Å². The van der Waals surface area contributed by atoms with Gasteiger partial charge in [0.2, 0.25) is 0 Å². The fourth-order valence-corrected chi connectivity index (χ4v) is 1.90. The third kappa shape index (κ3) is 3.84. The fourth-order valence-electron chi connectivity index (χ4n) is 1.90. The van der Waals surface area contributed by atoms with E-state index in [9.17, 15) is 13.9 Å². The summed E-state index contributed by atoms with van der Waals surface area (Å²) in [5.74, 6) is -1.29. The zero-order valence-corrected chi connectivity index (χ0v) is 10.3. The largest absolute Gasteiger partial charge is 0.394 e. The first kappa shape index (κ1) is 13.6. The molecule has 19 heavy (non-hydrogen) atoms. The molecule has 0 aromatic heterocycles. The topological polar surface area (TPSA) is 32.3 Å². The van der Waals surface area contributed by atoms with E-state index in [4.69, 9.17) is 0 Å². The highest BCUT2D eigenvalue weighted by molar-refractivity contribution is 5.22. The van der Waals surface area contributed by atoms with Crippen LogP contribution in [0.2, 0.25) is 0 Å². The van der Waals surface area contributed by atoms with Crippen LogP contribution in [0.25, 0.3) is 0 Å². The Hall–Kier alpha value is -1.78. The average Bonchev–Trinajstić information content (AvgIpc) is 2.39. The first-order valence-electron chi connectivity index (χ1n) is 6.03. The molecular formula is C15H15F2NO. The molecule has 0 aliphatic heterocycles. The lowest BCUT2D eigenvalue weighted by molar-refractivity contribution is 0.243. The molecule has 0 spiro atoms. The number of halogens is 2. The molecule has 2 nitrogen and oxygen atoms in total. The third-order valence-corrected chi connectivity index (χ3v) is 2.87. The molecule has 0 amide bonds. The van der Waals surface area contributed by atoms with Gasteiger partial charge in [0.15, 0.2) is 0 Å². The minimum Gasteiger partial charge on any atom is -0.394 e. The molecule has 1 unspecified atom stereocenters. The predicted octanol–water partition coefficient (Wildman–Crippen LogP) is 2.79. The lowest BCUT2D eigenvalue weighted by Crippen LogP contribution is -2.24. The van der Waals surface area contributed by atoms with E-state index in [0.29, 0.717) is 12.1 Å². The molecule has 1 atom stereocenters. The minimum absolute atomic E-state index is 0.226. The molecule has 0 saturated carbocycles. The maximum atomic E-state index is 13.1. The van der Waals surface area contributed by atoms with Crippen molar-refractivity contribution in [1.82, 2.24) is 5.32 Å². The molecule has 0 radical (unpaired) electrons. The number of rotatable bonds is 5. The Morgan fingerprint density at radius 1 is 1.00 bits per heavy atom. The summed E-state index contributed by atoms with van der Waals surface area (Å²) < 4.78 is 26.3. The molecule has 2 rings (SSSR count). The minimum atomic E-state index is -0.644. The lowest BCUT2D eigenvalue weighted by atomic mass is 10.1. The molecule has 0 saturated heterocycles. The molecule has 2 N–H and O–H groups in total. The van der Waals surface area contributed by atoms with Crippen LogP contribution in [0.1, 0.15) is 17.2 Å². The van der Waals surface area contributed by atoms with Crippen molar-refractivity contribution in [1.29, 1.82) is 0 Å². The van der Waals surface area contributed by atoms with Gasteiger partial charge in [0.05, 0.1) is 12.6 Å². The van der Waals surface area contributed by atoms with Crippen LogP contribution in [-0.4, -0.2) is 11.7 Å². The summed E-state index contributed by atoms with van der Waals surface area (Å²) in [6.45, 7) is 0.292. The molecule has 4 heteroatoms. The quantitative estimate of drug-likeness (QED) is 0.869. The Morgan fingerprint density at radius 3 is 2.21 bits per heavy atom. The molecular weight excluding hydrogens is 248 g/mol. The van der Waals surface area contributed by atoms with Crippen molar-refractivity contribution in [3.63, 3.8) is 0 Å². The maximum Gasteiger partial charge on any atom is 0.126 e. The highest BCUT2D eigenvalue weighted by Crippen LogP contribution is 2.16. The van der Waals surface area contributed by atoms with Crippen LogP contribution in [0, 0.1) is 11.6 Å². The summed E-state index contributed by atoms with van der Waals surface area (Å²) >= 11 is 0. The summed E-state index contributed by atoms with van der Waals surface area (Å²) in [6, 6.07) is 12.4. The summed E-state index contributed by atoms with van der Waals surface area (Å²) in [5.41, 5.74) is 1.44. The van der Waals surface area contributed by atoms with Crippen molar-refractivity contribution < 1.29 is 13.9 Å². The molecule has 0 fully saturated rings. The van der Waals surface area contributed by atoms with Crippen molar-refractivity contribution in [2.24, 2.45) is 0 Å². The molecule has 0 aliphatic carbocycles. The molecule has 2 aromatic carbocycles. The van der Waals surface area contributed by atoms with Crippen molar-refractivity contribution in [2.75, 3.05) is 6.61 Å². The van der Waals surface area contributed by atoms with Gasteiger partial charge < -0.3 is 10.4 Å². The number of hydrogen-bond acceptors (Lipinski definition) is 2. The second-order valence-electron chi connectivity index (χ2n) is 4.30. The van der Waals surface area contributed by atoms with Gasteiger partial charge >= 0.3 is 0 Å². The van der Waals surface area contributed by atoms with Gasteiger partial charge in [-0.15, -0.1) is 0 Å². The molecule has 0 heterocycles. The van der Waals surface area contributed by atoms with Crippen LogP contribution in [0.3, 0.4) is 0 Å². The zero-order chi connectivity index (χ0) is 13.7.